The fraction of sp³-hybridized carbons (Fsp3) is 0.320. The number of nitriles is 3. The van der Waals surface area contributed by atoms with Gasteiger partial charge in [-0.15, -0.1) is 0 Å². The molecule has 0 radical (unpaired) electrons. The Labute approximate surface area is 424 Å². The molecular formula is C50H55BBrLiN4O12. The molecule has 1 saturated heterocycles. The average Bonchev–Trinajstić information content (AvgIpc) is 3.94. The Morgan fingerprint density at radius 1 is 0.681 bits per heavy atom. The number of aromatic nitrogens is 1. The van der Waals surface area contributed by atoms with Crippen LogP contribution >= 0.6 is 15.9 Å². The molecule has 0 bridgehead atoms. The van der Waals surface area contributed by atoms with Crippen molar-refractivity contribution >= 4 is 52.4 Å². The SMILES string of the molecule is CC(C)(C#N)c1cccc(C(=O)O)c1.CC1(C)OB(c2cnoc2)OC1(C)C.COC(=O)c1cccc(Br)c1.COC(=O)c1cccc(C(C)(C)C#N)c1.COC(=O)c1cccc(CC#N)c1.[Li+].[OH-]. The molecule has 2 heterocycles. The second-order valence-electron chi connectivity index (χ2n) is 16.5. The van der Waals surface area contributed by atoms with Crippen molar-refractivity contribution < 1.29 is 76.7 Å². The van der Waals surface area contributed by atoms with Gasteiger partial charge in [0.15, 0.2) is 0 Å². The normalized spacial score (nSPS) is 12.5. The minimum Gasteiger partial charge on any atom is -0.870 e. The number of esters is 3. The van der Waals surface area contributed by atoms with Gasteiger partial charge >= 0.3 is 49.9 Å². The summed E-state index contributed by atoms with van der Waals surface area (Å²) in [5.74, 6) is -2.04. The van der Waals surface area contributed by atoms with E-state index < -0.39 is 16.8 Å². The Morgan fingerprint density at radius 3 is 1.48 bits per heavy atom. The minimum atomic E-state index is -0.972. The molecule has 4 aromatic carbocycles. The van der Waals surface area contributed by atoms with E-state index >= 15 is 0 Å². The topological polar surface area (TPSA) is 262 Å². The Balaban J connectivity index is 0.000000834. The van der Waals surface area contributed by atoms with Gasteiger partial charge in [0.25, 0.3) is 0 Å². The molecule has 0 saturated carbocycles. The maximum Gasteiger partial charge on any atom is 1.00 e. The van der Waals surface area contributed by atoms with Crippen molar-refractivity contribution in [1.29, 1.82) is 15.8 Å². The molecular weight excluding hydrogens is 946 g/mol. The number of hydrogen-bond donors (Lipinski definition) is 1. The smallest absolute Gasteiger partial charge is 0.870 e. The number of halogens is 1. The zero-order valence-corrected chi connectivity index (χ0v) is 42.4. The molecule has 0 aliphatic carbocycles. The van der Waals surface area contributed by atoms with E-state index in [0.717, 1.165) is 26.6 Å². The van der Waals surface area contributed by atoms with E-state index in [1.165, 1.54) is 33.5 Å². The number of hydrogen-bond acceptors (Lipinski definition) is 15. The van der Waals surface area contributed by atoms with E-state index in [0.29, 0.717) is 23.1 Å². The molecule has 19 heteroatoms. The van der Waals surface area contributed by atoms with Gasteiger partial charge in [0.05, 0.1) is 96.4 Å². The zero-order valence-electron chi connectivity index (χ0n) is 40.8. The maximum absolute atomic E-state index is 11.3. The van der Waals surface area contributed by atoms with Crippen molar-refractivity contribution in [3.8, 4) is 18.2 Å². The van der Waals surface area contributed by atoms with Gasteiger partial charge in [0.1, 0.15) is 6.26 Å². The number of carboxylic acids is 1. The fourth-order valence-electron chi connectivity index (χ4n) is 5.38. The molecule has 1 aliphatic rings. The first-order valence-electron chi connectivity index (χ1n) is 20.4. The van der Waals surface area contributed by atoms with Crippen LogP contribution in [0.15, 0.2) is 119 Å². The van der Waals surface area contributed by atoms with Crippen LogP contribution in [0.25, 0.3) is 0 Å². The third-order valence-electron chi connectivity index (χ3n) is 10.2. The Morgan fingerprint density at radius 2 is 1.09 bits per heavy atom. The summed E-state index contributed by atoms with van der Waals surface area (Å²) in [5.41, 5.74) is 3.04. The van der Waals surface area contributed by atoms with Crippen LogP contribution in [0, 0.1) is 34.0 Å². The predicted molar refractivity (Wildman–Crippen MR) is 255 cm³/mol. The van der Waals surface area contributed by atoms with Gasteiger partial charge < -0.3 is 38.6 Å². The summed E-state index contributed by atoms with van der Waals surface area (Å²) in [6.45, 7) is 15.2. The number of carbonyl (C=O) groups excluding carboxylic acids is 3. The largest absolute Gasteiger partial charge is 1.00 e. The summed E-state index contributed by atoms with van der Waals surface area (Å²) in [7, 11) is 3.67. The third kappa shape index (κ3) is 19.2. The van der Waals surface area contributed by atoms with E-state index in [2.05, 4.69) is 47.4 Å². The molecule has 1 aromatic heterocycles. The summed E-state index contributed by atoms with van der Waals surface area (Å²) in [4.78, 5) is 43.9. The van der Waals surface area contributed by atoms with E-state index in [1.807, 2.05) is 59.7 Å². The summed E-state index contributed by atoms with van der Waals surface area (Å²) in [5, 5.41) is 38.7. The van der Waals surface area contributed by atoms with Crippen molar-refractivity contribution in [1.82, 2.24) is 5.16 Å². The Hall–Kier alpha value is -6.54. The number of nitrogens with zero attached hydrogens (tertiary/aromatic N) is 4. The van der Waals surface area contributed by atoms with Gasteiger partial charge in [-0.25, -0.2) is 19.2 Å². The second-order valence-corrected chi connectivity index (χ2v) is 17.4. The number of carboxylic acid groups (broad SMARTS) is 1. The van der Waals surface area contributed by atoms with Gasteiger partial charge in [-0.05, 0) is 127 Å². The van der Waals surface area contributed by atoms with Crippen LogP contribution < -0.4 is 24.3 Å². The quantitative estimate of drug-likeness (QED) is 0.106. The van der Waals surface area contributed by atoms with E-state index in [1.54, 1.807) is 99.1 Å². The van der Waals surface area contributed by atoms with Crippen LogP contribution in [0.5, 0.6) is 0 Å². The molecule has 358 valence electrons. The molecule has 1 aliphatic heterocycles. The zero-order chi connectivity index (χ0) is 50.6. The van der Waals surface area contributed by atoms with Crippen molar-refractivity contribution in [2.75, 3.05) is 21.3 Å². The first kappa shape index (κ1) is 62.5. The van der Waals surface area contributed by atoms with Gasteiger partial charge in [0.2, 0.25) is 0 Å². The minimum absolute atomic E-state index is 0. The third-order valence-corrected chi connectivity index (χ3v) is 10.7. The molecule has 6 rings (SSSR count). The number of benzene rings is 4. The molecule has 0 amide bonds. The van der Waals surface area contributed by atoms with E-state index in [4.69, 9.17) is 34.7 Å². The average molecular weight is 1000 g/mol. The molecule has 0 spiro atoms. The van der Waals surface area contributed by atoms with Crippen LogP contribution in [0.3, 0.4) is 0 Å². The van der Waals surface area contributed by atoms with Crippen molar-refractivity contribution in [3.05, 3.63) is 153 Å². The molecule has 1 fully saturated rings. The fourth-order valence-corrected chi connectivity index (χ4v) is 5.78. The summed E-state index contributed by atoms with van der Waals surface area (Å²) in [6.07, 6.45) is 3.47. The van der Waals surface area contributed by atoms with Crippen molar-refractivity contribution in [3.63, 3.8) is 0 Å². The summed E-state index contributed by atoms with van der Waals surface area (Å²) < 4.78 is 30.9. The maximum atomic E-state index is 11.3. The molecule has 2 N–H and O–H groups in total. The Bertz CT molecular complexity index is 2590. The van der Waals surface area contributed by atoms with E-state index in [9.17, 15) is 19.2 Å². The molecule has 69 heavy (non-hydrogen) atoms. The second kappa shape index (κ2) is 28.7. The van der Waals surface area contributed by atoms with Gasteiger partial charge in [-0.2, -0.15) is 15.8 Å². The van der Waals surface area contributed by atoms with Crippen LogP contribution in [-0.4, -0.2) is 79.3 Å². The standard InChI is InChI=1S/C12H13NO2.C11H11NO2.C10H9NO2.C9H14BNO3.C8H7BrO2.Li.H2O/c1-12(2,8-13)10-6-4-5-9(7-10)11(14)15-3;1-11(2,7-12)9-5-3-4-8(6-9)10(13)14;1-13-10(12)9-4-2-3-8(7-9)5-6-11;1-8(2)9(3,4)14-10(13-8)7-5-11-12-6-7;1-11-8(10)6-3-2-4-7(9)5-6;;/h4-7H,1-3H3;3-6H,1-2H3,(H,13,14);2-4,7H,5H2,1H3;5-6H,1-4H3;2-5H,1H3;;1H2/q;;;;;+1;/p-1. The first-order chi connectivity index (χ1) is 31.4. The van der Waals surface area contributed by atoms with Crippen LogP contribution in [0.2, 0.25) is 0 Å². The van der Waals surface area contributed by atoms with Crippen molar-refractivity contribution in [2.45, 2.75) is 83.8 Å². The predicted octanol–water partition coefficient (Wildman–Crippen LogP) is 6.04. The first-order valence-corrected chi connectivity index (χ1v) is 21.2. The molecule has 5 aromatic rings. The monoisotopic (exact) mass is 1000 g/mol. The molecule has 16 nitrogen and oxygen atoms in total. The van der Waals surface area contributed by atoms with Crippen LogP contribution in [0.1, 0.15) is 114 Å². The molecule has 0 unspecified atom stereocenters. The van der Waals surface area contributed by atoms with Gasteiger partial charge in [-0.3, -0.25) is 0 Å². The van der Waals surface area contributed by atoms with E-state index in [-0.39, 0.29) is 66.1 Å². The number of aromatic carboxylic acids is 1. The van der Waals surface area contributed by atoms with Crippen LogP contribution in [0.4, 0.5) is 0 Å². The number of methoxy groups -OCH3 is 3. The summed E-state index contributed by atoms with van der Waals surface area (Å²) >= 11 is 3.25. The van der Waals surface area contributed by atoms with Crippen molar-refractivity contribution in [2.24, 2.45) is 0 Å². The summed E-state index contributed by atoms with van der Waals surface area (Å²) in [6, 6.07) is 33.7. The number of rotatable bonds is 8. The number of carbonyl (C=O) groups is 4. The van der Waals surface area contributed by atoms with Crippen LogP contribution in [-0.2, 0) is 40.8 Å². The van der Waals surface area contributed by atoms with Gasteiger partial charge in [-0.1, -0.05) is 63.6 Å². The number of ether oxygens (including phenoxy) is 3. The Kier molecular flexibility index (Phi) is 26.0. The van der Waals surface area contributed by atoms with Gasteiger partial charge in [0, 0.05) is 9.94 Å². The molecule has 0 atom stereocenters.